The molecular weight excluding hydrogens is 194 g/mol. The van der Waals surface area contributed by atoms with Gasteiger partial charge in [0, 0.05) is 23.3 Å². The zero-order chi connectivity index (χ0) is 9.97. The number of nitrogens with two attached hydrogens (primary N) is 1. The first-order valence-electron chi connectivity index (χ1n) is 4.39. The third-order valence-electron chi connectivity index (χ3n) is 1.89. The molecule has 0 fully saturated rings. The maximum absolute atomic E-state index is 5.74. The minimum absolute atomic E-state index is 0.00980. The third kappa shape index (κ3) is 1.81. The molecule has 0 bridgehead atoms. The van der Waals surface area contributed by atoms with Gasteiger partial charge in [0.1, 0.15) is 5.01 Å². The van der Waals surface area contributed by atoms with Gasteiger partial charge in [0.2, 0.25) is 0 Å². The molecule has 3 nitrogen and oxygen atoms in total. The molecule has 0 aliphatic heterocycles. The molecule has 72 valence electrons. The molecular formula is C10H11N3S. The predicted molar refractivity (Wildman–Crippen MR) is 57.9 cm³/mol. The topological polar surface area (TPSA) is 51.8 Å². The highest BCUT2D eigenvalue weighted by molar-refractivity contribution is 7.10. The summed E-state index contributed by atoms with van der Waals surface area (Å²) in [6.45, 7) is 1.94. The van der Waals surface area contributed by atoms with Crippen LogP contribution in [0.3, 0.4) is 0 Å². The Labute approximate surface area is 86.6 Å². The van der Waals surface area contributed by atoms with E-state index in [0.29, 0.717) is 0 Å². The lowest BCUT2D eigenvalue weighted by Crippen LogP contribution is -2.03. The zero-order valence-corrected chi connectivity index (χ0v) is 8.66. The fourth-order valence-electron chi connectivity index (χ4n) is 1.15. The number of thiazole rings is 1. The van der Waals surface area contributed by atoms with Crippen molar-refractivity contribution < 1.29 is 0 Å². The van der Waals surface area contributed by atoms with Crippen LogP contribution >= 0.6 is 11.3 Å². The molecule has 0 amide bonds. The number of hydrogen-bond donors (Lipinski definition) is 1. The Kier molecular flexibility index (Phi) is 2.56. The summed E-state index contributed by atoms with van der Waals surface area (Å²) in [5.41, 5.74) is 7.80. The summed E-state index contributed by atoms with van der Waals surface area (Å²) < 4.78 is 0. The normalized spacial score (nSPS) is 12.7. The Hall–Kier alpha value is -1.26. The van der Waals surface area contributed by atoms with E-state index in [-0.39, 0.29) is 6.04 Å². The van der Waals surface area contributed by atoms with Gasteiger partial charge in [-0.05, 0) is 19.1 Å². The average molecular weight is 205 g/mol. The van der Waals surface area contributed by atoms with Crippen LogP contribution < -0.4 is 5.73 Å². The fraction of sp³-hybridized carbons (Fsp3) is 0.200. The third-order valence-corrected chi connectivity index (χ3v) is 2.93. The van der Waals surface area contributed by atoms with E-state index in [2.05, 4.69) is 9.97 Å². The quantitative estimate of drug-likeness (QED) is 0.818. The highest BCUT2D eigenvalue weighted by Crippen LogP contribution is 2.23. The van der Waals surface area contributed by atoms with Crippen molar-refractivity contribution in [3.63, 3.8) is 0 Å². The van der Waals surface area contributed by atoms with Gasteiger partial charge in [0.15, 0.2) is 0 Å². The molecule has 0 spiro atoms. The molecule has 14 heavy (non-hydrogen) atoms. The van der Waals surface area contributed by atoms with Crippen LogP contribution in [0.4, 0.5) is 0 Å². The second-order valence-electron chi connectivity index (χ2n) is 3.10. The first-order valence-corrected chi connectivity index (χ1v) is 5.27. The molecule has 1 unspecified atom stereocenters. The van der Waals surface area contributed by atoms with Crippen LogP contribution in [0.5, 0.6) is 0 Å². The first-order chi connectivity index (χ1) is 6.77. The van der Waals surface area contributed by atoms with Crippen LogP contribution in [0.1, 0.15) is 18.0 Å². The molecule has 0 radical (unpaired) electrons. The second kappa shape index (κ2) is 3.86. The van der Waals surface area contributed by atoms with E-state index >= 15 is 0 Å². The predicted octanol–water partition coefficient (Wildman–Crippen LogP) is 2.22. The lowest BCUT2D eigenvalue weighted by atomic mass is 10.2. The maximum Gasteiger partial charge on any atom is 0.110 e. The Morgan fingerprint density at radius 1 is 1.36 bits per heavy atom. The van der Waals surface area contributed by atoms with Gasteiger partial charge in [-0.2, -0.15) is 0 Å². The monoisotopic (exact) mass is 205 g/mol. The van der Waals surface area contributed by atoms with Gasteiger partial charge in [-0.15, -0.1) is 11.3 Å². The standard InChI is InChI=1S/C10H11N3S/c1-7(11)10-13-9(6-14-10)8-2-4-12-5-3-8/h2-7H,11H2,1H3. The van der Waals surface area contributed by atoms with E-state index < -0.39 is 0 Å². The van der Waals surface area contributed by atoms with Crippen molar-refractivity contribution in [1.29, 1.82) is 0 Å². The Balaban J connectivity index is 2.34. The van der Waals surface area contributed by atoms with Crippen molar-refractivity contribution in [2.45, 2.75) is 13.0 Å². The van der Waals surface area contributed by atoms with Crippen molar-refractivity contribution in [2.75, 3.05) is 0 Å². The lowest BCUT2D eigenvalue weighted by Gasteiger charge is -1.97. The summed E-state index contributed by atoms with van der Waals surface area (Å²) in [7, 11) is 0. The number of hydrogen-bond acceptors (Lipinski definition) is 4. The van der Waals surface area contributed by atoms with Gasteiger partial charge in [-0.1, -0.05) is 0 Å². The molecule has 2 rings (SSSR count). The molecule has 0 saturated heterocycles. The molecule has 2 N–H and O–H groups in total. The molecule has 2 heterocycles. The smallest absolute Gasteiger partial charge is 0.110 e. The SMILES string of the molecule is CC(N)c1nc(-c2ccncc2)cs1. The fourth-order valence-corrected chi connectivity index (χ4v) is 1.94. The van der Waals surface area contributed by atoms with E-state index in [9.17, 15) is 0 Å². The Morgan fingerprint density at radius 3 is 2.64 bits per heavy atom. The highest BCUT2D eigenvalue weighted by atomic mass is 32.1. The zero-order valence-electron chi connectivity index (χ0n) is 7.84. The summed E-state index contributed by atoms with van der Waals surface area (Å²) in [5.74, 6) is 0. The number of aromatic nitrogens is 2. The van der Waals surface area contributed by atoms with Crippen molar-refractivity contribution in [3.8, 4) is 11.3 Å². The van der Waals surface area contributed by atoms with Crippen molar-refractivity contribution >= 4 is 11.3 Å². The lowest BCUT2D eigenvalue weighted by molar-refractivity contribution is 0.808. The minimum Gasteiger partial charge on any atom is -0.322 e. The van der Waals surface area contributed by atoms with E-state index in [1.807, 2.05) is 24.4 Å². The average Bonchev–Trinajstić information content (AvgIpc) is 2.68. The van der Waals surface area contributed by atoms with Crippen LogP contribution in [0.25, 0.3) is 11.3 Å². The molecule has 2 aromatic heterocycles. The molecule has 0 aromatic carbocycles. The molecule has 1 atom stereocenters. The number of rotatable bonds is 2. The Bertz CT molecular complexity index is 408. The number of nitrogens with zero attached hydrogens (tertiary/aromatic N) is 2. The van der Waals surface area contributed by atoms with E-state index in [1.54, 1.807) is 23.7 Å². The first kappa shape index (κ1) is 9.30. The maximum atomic E-state index is 5.74. The van der Waals surface area contributed by atoms with Gasteiger partial charge in [-0.3, -0.25) is 4.98 Å². The van der Waals surface area contributed by atoms with E-state index in [4.69, 9.17) is 5.73 Å². The van der Waals surface area contributed by atoms with E-state index in [1.165, 1.54) is 0 Å². The molecule has 0 aliphatic carbocycles. The van der Waals surface area contributed by atoms with Gasteiger partial charge in [0.05, 0.1) is 11.7 Å². The van der Waals surface area contributed by atoms with Crippen LogP contribution in [0, 0.1) is 0 Å². The molecule has 0 aliphatic rings. The van der Waals surface area contributed by atoms with E-state index in [0.717, 1.165) is 16.3 Å². The summed E-state index contributed by atoms with van der Waals surface area (Å²) in [6.07, 6.45) is 3.53. The van der Waals surface area contributed by atoms with Gasteiger partial charge in [0.25, 0.3) is 0 Å². The summed E-state index contributed by atoms with van der Waals surface area (Å²) in [6, 6.07) is 3.90. The molecule has 0 saturated carbocycles. The second-order valence-corrected chi connectivity index (χ2v) is 3.99. The Morgan fingerprint density at radius 2 is 2.07 bits per heavy atom. The summed E-state index contributed by atoms with van der Waals surface area (Å²) >= 11 is 1.60. The van der Waals surface area contributed by atoms with Crippen molar-refractivity contribution in [1.82, 2.24) is 9.97 Å². The van der Waals surface area contributed by atoms with Gasteiger partial charge in [-0.25, -0.2) is 4.98 Å². The molecule has 2 aromatic rings. The van der Waals surface area contributed by atoms with Crippen LogP contribution in [0.15, 0.2) is 29.9 Å². The van der Waals surface area contributed by atoms with Crippen molar-refractivity contribution in [3.05, 3.63) is 34.9 Å². The molecule has 4 heteroatoms. The van der Waals surface area contributed by atoms with Crippen LogP contribution in [-0.2, 0) is 0 Å². The summed E-state index contributed by atoms with van der Waals surface area (Å²) in [5, 5.41) is 2.99. The van der Waals surface area contributed by atoms with Crippen LogP contribution in [-0.4, -0.2) is 9.97 Å². The number of pyridine rings is 1. The minimum atomic E-state index is 0.00980. The van der Waals surface area contributed by atoms with Crippen molar-refractivity contribution in [2.24, 2.45) is 5.73 Å². The highest BCUT2D eigenvalue weighted by Gasteiger charge is 2.06. The van der Waals surface area contributed by atoms with Crippen LogP contribution in [0.2, 0.25) is 0 Å². The largest absolute Gasteiger partial charge is 0.322 e. The van der Waals surface area contributed by atoms with Gasteiger partial charge >= 0.3 is 0 Å². The van der Waals surface area contributed by atoms with Gasteiger partial charge < -0.3 is 5.73 Å². The summed E-state index contributed by atoms with van der Waals surface area (Å²) in [4.78, 5) is 8.41.